The summed E-state index contributed by atoms with van der Waals surface area (Å²) in [7, 11) is 0. The maximum absolute atomic E-state index is 12.9. The molecule has 1 heterocycles. The van der Waals surface area contributed by atoms with Gasteiger partial charge in [-0.1, -0.05) is 18.2 Å². The van der Waals surface area contributed by atoms with E-state index in [1.807, 2.05) is 23.5 Å². The molecular weight excluding hydrogens is 269 g/mol. The number of hydrogen-bond donors (Lipinski definition) is 1. The number of halogens is 1. The molecule has 0 saturated heterocycles. The first kappa shape index (κ1) is 13.8. The van der Waals surface area contributed by atoms with Crippen LogP contribution >= 0.6 is 11.3 Å². The van der Waals surface area contributed by atoms with Gasteiger partial charge in [0.15, 0.2) is 0 Å². The van der Waals surface area contributed by atoms with Crippen molar-refractivity contribution >= 4 is 11.3 Å². The lowest BCUT2D eigenvalue weighted by molar-refractivity contribution is 0.422. The van der Waals surface area contributed by atoms with Crippen LogP contribution in [0.1, 0.15) is 36.2 Å². The Bertz CT molecular complexity index is 531. The quantitative estimate of drug-likeness (QED) is 0.822. The second kappa shape index (κ2) is 6.06. The van der Waals surface area contributed by atoms with E-state index in [0.29, 0.717) is 12.1 Å². The molecule has 3 rings (SSSR count). The van der Waals surface area contributed by atoms with Gasteiger partial charge in [-0.05, 0) is 61.2 Å². The van der Waals surface area contributed by atoms with Gasteiger partial charge in [0.25, 0.3) is 0 Å². The van der Waals surface area contributed by atoms with Crippen molar-refractivity contribution in [1.82, 2.24) is 5.32 Å². The van der Waals surface area contributed by atoms with Crippen LogP contribution in [0.25, 0.3) is 0 Å². The molecule has 2 aromatic rings. The maximum Gasteiger partial charge on any atom is 0.123 e. The van der Waals surface area contributed by atoms with Gasteiger partial charge >= 0.3 is 0 Å². The van der Waals surface area contributed by atoms with E-state index >= 15 is 0 Å². The summed E-state index contributed by atoms with van der Waals surface area (Å²) in [6.07, 6.45) is 3.60. The molecule has 0 aliphatic heterocycles. The Morgan fingerprint density at radius 2 is 2.00 bits per heavy atom. The standard InChI is InChI=1S/C17H20FNS/c1-12(11-13-4-8-15(18)9-5-13)19-17(14-6-7-14)16-3-2-10-20-16/h2-5,8-10,12,14,17,19H,6-7,11H2,1H3. The summed E-state index contributed by atoms with van der Waals surface area (Å²) in [5.74, 6) is 0.633. The molecule has 1 aliphatic carbocycles. The van der Waals surface area contributed by atoms with Crippen LogP contribution in [0.15, 0.2) is 41.8 Å². The van der Waals surface area contributed by atoms with Crippen molar-refractivity contribution in [3.05, 3.63) is 58.0 Å². The van der Waals surface area contributed by atoms with Crippen LogP contribution in [0, 0.1) is 11.7 Å². The molecule has 1 nitrogen and oxygen atoms in total. The third-order valence-corrected chi connectivity index (χ3v) is 4.82. The molecule has 0 bridgehead atoms. The van der Waals surface area contributed by atoms with Gasteiger partial charge in [-0.25, -0.2) is 4.39 Å². The van der Waals surface area contributed by atoms with E-state index in [4.69, 9.17) is 0 Å². The van der Waals surface area contributed by atoms with Crippen molar-refractivity contribution in [3.63, 3.8) is 0 Å². The molecule has 1 saturated carbocycles. The van der Waals surface area contributed by atoms with E-state index in [-0.39, 0.29) is 5.82 Å². The lowest BCUT2D eigenvalue weighted by atomic mass is 10.0. The highest BCUT2D eigenvalue weighted by Crippen LogP contribution is 2.42. The van der Waals surface area contributed by atoms with E-state index in [0.717, 1.165) is 12.3 Å². The summed E-state index contributed by atoms with van der Waals surface area (Å²) in [4.78, 5) is 1.44. The lowest BCUT2D eigenvalue weighted by Gasteiger charge is -2.22. The molecule has 2 atom stereocenters. The zero-order valence-corrected chi connectivity index (χ0v) is 12.5. The van der Waals surface area contributed by atoms with Gasteiger partial charge in [0.05, 0.1) is 0 Å². The fraction of sp³-hybridized carbons (Fsp3) is 0.412. The highest BCUT2D eigenvalue weighted by Gasteiger charge is 2.33. The third-order valence-electron chi connectivity index (χ3n) is 3.86. The molecule has 2 unspecified atom stereocenters. The van der Waals surface area contributed by atoms with E-state index in [1.165, 1.54) is 23.3 Å². The minimum Gasteiger partial charge on any atom is -0.306 e. The van der Waals surface area contributed by atoms with Gasteiger partial charge in [-0.3, -0.25) is 0 Å². The minimum atomic E-state index is -0.163. The summed E-state index contributed by atoms with van der Waals surface area (Å²) >= 11 is 1.84. The highest BCUT2D eigenvalue weighted by atomic mass is 32.1. The number of nitrogens with one attached hydrogen (secondary N) is 1. The normalized spacial score (nSPS) is 17.9. The van der Waals surface area contributed by atoms with Gasteiger partial charge in [-0.15, -0.1) is 11.3 Å². The van der Waals surface area contributed by atoms with E-state index < -0.39 is 0 Å². The molecule has 1 N–H and O–H groups in total. The first-order chi connectivity index (χ1) is 9.72. The van der Waals surface area contributed by atoms with Crippen LogP contribution in [-0.4, -0.2) is 6.04 Å². The first-order valence-electron chi connectivity index (χ1n) is 7.26. The summed E-state index contributed by atoms with van der Waals surface area (Å²) < 4.78 is 12.9. The number of rotatable bonds is 6. The second-order valence-electron chi connectivity index (χ2n) is 5.73. The van der Waals surface area contributed by atoms with Crippen molar-refractivity contribution in [3.8, 4) is 0 Å². The molecule has 106 valence electrons. The minimum absolute atomic E-state index is 0.163. The molecular formula is C17H20FNS. The van der Waals surface area contributed by atoms with Crippen molar-refractivity contribution in [2.24, 2.45) is 5.92 Å². The monoisotopic (exact) mass is 289 g/mol. The van der Waals surface area contributed by atoms with E-state index in [2.05, 4.69) is 29.8 Å². The Balaban J connectivity index is 1.62. The summed E-state index contributed by atoms with van der Waals surface area (Å²) in [6, 6.07) is 12.1. The maximum atomic E-state index is 12.9. The Kier molecular flexibility index (Phi) is 4.18. The Morgan fingerprint density at radius 3 is 2.60 bits per heavy atom. The van der Waals surface area contributed by atoms with Gasteiger partial charge in [0, 0.05) is 17.0 Å². The molecule has 0 radical (unpaired) electrons. The van der Waals surface area contributed by atoms with Crippen molar-refractivity contribution in [1.29, 1.82) is 0 Å². The molecule has 1 aromatic heterocycles. The molecule has 3 heteroatoms. The Morgan fingerprint density at radius 1 is 1.25 bits per heavy atom. The molecule has 0 spiro atoms. The van der Waals surface area contributed by atoms with Gasteiger partial charge < -0.3 is 5.32 Å². The molecule has 1 fully saturated rings. The van der Waals surface area contributed by atoms with Crippen LogP contribution < -0.4 is 5.32 Å². The molecule has 1 aliphatic rings. The predicted molar refractivity (Wildman–Crippen MR) is 82.5 cm³/mol. The Hall–Kier alpha value is -1.19. The van der Waals surface area contributed by atoms with Crippen LogP contribution in [-0.2, 0) is 6.42 Å². The predicted octanol–water partition coefficient (Wildman–Crippen LogP) is 4.56. The molecule has 20 heavy (non-hydrogen) atoms. The average Bonchev–Trinajstić information content (AvgIpc) is 3.13. The number of hydrogen-bond acceptors (Lipinski definition) is 2. The van der Waals surface area contributed by atoms with E-state index in [1.54, 1.807) is 12.1 Å². The van der Waals surface area contributed by atoms with Crippen molar-refractivity contribution < 1.29 is 4.39 Å². The highest BCUT2D eigenvalue weighted by molar-refractivity contribution is 7.10. The summed E-state index contributed by atoms with van der Waals surface area (Å²) in [5.41, 5.74) is 1.19. The topological polar surface area (TPSA) is 12.0 Å². The van der Waals surface area contributed by atoms with Crippen LogP contribution in [0.5, 0.6) is 0 Å². The lowest BCUT2D eigenvalue weighted by Crippen LogP contribution is -2.33. The fourth-order valence-electron chi connectivity index (χ4n) is 2.69. The zero-order valence-electron chi connectivity index (χ0n) is 11.7. The van der Waals surface area contributed by atoms with Gasteiger partial charge in [0.1, 0.15) is 5.82 Å². The van der Waals surface area contributed by atoms with Crippen LogP contribution in [0.3, 0.4) is 0 Å². The molecule has 1 aromatic carbocycles. The van der Waals surface area contributed by atoms with Crippen LogP contribution in [0.2, 0.25) is 0 Å². The summed E-state index contributed by atoms with van der Waals surface area (Å²) in [5, 5.41) is 5.91. The SMILES string of the molecule is CC(Cc1ccc(F)cc1)NC(c1cccs1)C1CC1. The largest absolute Gasteiger partial charge is 0.306 e. The van der Waals surface area contributed by atoms with Gasteiger partial charge in [-0.2, -0.15) is 0 Å². The van der Waals surface area contributed by atoms with Crippen molar-refractivity contribution in [2.45, 2.75) is 38.3 Å². The molecule has 0 amide bonds. The van der Waals surface area contributed by atoms with E-state index in [9.17, 15) is 4.39 Å². The third kappa shape index (κ3) is 3.47. The number of benzene rings is 1. The van der Waals surface area contributed by atoms with Crippen LogP contribution in [0.4, 0.5) is 4.39 Å². The average molecular weight is 289 g/mol. The second-order valence-corrected chi connectivity index (χ2v) is 6.71. The smallest absolute Gasteiger partial charge is 0.123 e. The summed E-state index contributed by atoms with van der Waals surface area (Å²) in [6.45, 7) is 2.21. The van der Waals surface area contributed by atoms with Gasteiger partial charge in [0.2, 0.25) is 0 Å². The first-order valence-corrected chi connectivity index (χ1v) is 8.14. The number of thiophene rings is 1. The fourth-order valence-corrected chi connectivity index (χ4v) is 3.57. The Labute approximate surface area is 123 Å². The zero-order chi connectivity index (χ0) is 13.9. The van der Waals surface area contributed by atoms with Crippen molar-refractivity contribution in [2.75, 3.05) is 0 Å².